The molecule has 3 aromatic carbocycles. The van der Waals surface area contributed by atoms with Crippen LogP contribution in [-0.2, 0) is 16.2 Å². The molecule has 4 amide bonds. The van der Waals surface area contributed by atoms with E-state index in [0.717, 1.165) is 21.6 Å². The van der Waals surface area contributed by atoms with E-state index in [2.05, 4.69) is 5.32 Å². The number of barbiturate groups is 1. The summed E-state index contributed by atoms with van der Waals surface area (Å²) in [5.41, 5.74) is 3.69. The average molecular weight is 495 g/mol. The molecule has 1 aliphatic rings. The zero-order valence-electron chi connectivity index (χ0n) is 18.4. The second-order valence-electron chi connectivity index (χ2n) is 7.83. The van der Waals surface area contributed by atoms with Gasteiger partial charge in [-0.15, -0.1) is 0 Å². The van der Waals surface area contributed by atoms with E-state index in [1.807, 2.05) is 26.0 Å². The normalized spacial score (nSPS) is 15.0. The number of hydrogen-bond donors (Lipinski definition) is 1. The van der Waals surface area contributed by atoms with Crippen LogP contribution in [0.2, 0.25) is 10.0 Å². The zero-order chi connectivity index (χ0) is 24.4. The molecule has 1 heterocycles. The van der Waals surface area contributed by atoms with Gasteiger partial charge in [0.1, 0.15) is 17.9 Å². The number of aryl methyl sites for hydroxylation is 2. The van der Waals surface area contributed by atoms with E-state index in [9.17, 15) is 14.4 Å². The van der Waals surface area contributed by atoms with E-state index < -0.39 is 17.8 Å². The molecule has 1 N–H and O–H groups in total. The molecule has 8 heteroatoms. The number of imide groups is 2. The number of hydrogen-bond acceptors (Lipinski definition) is 4. The molecule has 0 radical (unpaired) electrons. The van der Waals surface area contributed by atoms with Crippen molar-refractivity contribution in [1.82, 2.24) is 5.32 Å². The summed E-state index contributed by atoms with van der Waals surface area (Å²) in [6, 6.07) is 16.6. The van der Waals surface area contributed by atoms with Gasteiger partial charge in [-0.1, -0.05) is 47.5 Å². The van der Waals surface area contributed by atoms with Crippen LogP contribution < -0.4 is 15.0 Å². The number of benzene rings is 3. The summed E-state index contributed by atoms with van der Waals surface area (Å²) in [5, 5.41) is 3.16. The van der Waals surface area contributed by atoms with Crippen LogP contribution in [0, 0.1) is 13.8 Å². The number of carbonyl (C=O) groups is 3. The third-order valence-corrected chi connectivity index (χ3v) is 6.17. The molecule has 6 nitrogen and oxygen atoms in total. The number of urea groups is 1. The molecule has 4 rings (SSSR count). The fraction of sp³-hybridized carbons (Fsp3) is 0.115. The highest BCUT2D eigenvalue weighted by Gasteiger charge is 2.36. The second-order valence-corrected chi connectivity index (χ2v) is 8.65. The van der Waals surface area contributed by atoms with Crippen LogP contribution in [0.3, 0.4) is 0 Å². The highest BCUT2D eigenvalue weighted by Crippen LogP contribution is 2.26. The van der Waals surface area contributed by atoms with Gasteiger partial charge in [0.25, 0.3) is 11.8 Å². The van der Waals surface area contributed by atoms with Crippen molar-refractivity contribution in [3.05, 3.63) is 98.5 Å². The number of nitrogens with one attached hydrogen (secondary N) is 1. The molecule has 0 unspecified atom stereocenters. The Morgan fingerprint density at radius 2 is 1.62 bits per heavy atom. The Labute approximate surface area is 206 Å². The maximum absolute atomic E-state index is 13.1. The van der Waals surface area contributed by atoms with E-state index in [4.69, 9.17) is 27.9 Å². The van der Waals surface area contributed by atoms with Gasteiger partial charge in [0.2, 0.25) is 0 Å². The summed E-state index contributed by atoms with van der Waals surface area (Å²) < 4.78 is 5.76. The van der Waals surface area contributed by atoms with Crippen molar-refractivity contribution in [1.29, 1.82) is 0 Å². The Morgan fingerprint density at radius 1 is 0.882 bits per heavy atom. The number of ether oxygens (including phenoxy) is 1. The molecule has 0 aliphatic carbocycles. The lowest BCUT2D eigenvalue weighted by molar-refractivity contribution is -0.122. The average Bonchev–Trinajstić information content (AvgIpc) is 2.80. The fourth-order valence-corrected chi connectivity index (χ4v) is 3.70. The topological polar surface area (TPSA) is 75.7 Å². The first-order valence-corrected chi connectivity index (χ1v) is 11.1. The molecule has 1 fully saturated rings. The van der Waals surface area contributed by atoms with Crippen molar-refractivity contribution in [2.75, 3.05) is 4.90 Å². The smallest absolute Gasteiger partial charge is 0.335 e. The van der Waals surface area contributed by atoms with Gasteiger partial charge in [0.05, 0.1) is 15.7 Å². The molecular formula is C26H20Cl2N2O4. The molecule has 0 aromatic heterocycles. The predicted octanol–water partition coefficient (Wildman–Crippen LogP) is 5.86. The van der Waals surface area contributed by atoms with Crippen LogP contribution >= 0.6 is 23.2 Å². The molecule has 1 aliphatic heterocycles. The summed E-state index contributed by atoms with van der Waals surface area (Å²) in [6.07, 6.45) is 1.45. The molecule has 1 saturated heterocycles. The molecule has 0 spiro atoms. The molecule has 34 heavy (non-hydrogen) atoms. The summed E-state index contributed by atoms with van der Waals surface area (Å²) in [6.45, 7) is 4.12. The van der Waals surface area contributed by atoms with E-state index in [1.54, 1.807) is 48.5 Å². The number of anilines is 1. The van der Waals surface area contributed by atoms with Crippen LogP contribution in [0.15, 0.2) is 66.2 Å². The lowest BCUT2D eigenvalue weighted by Gasteiger charge is -2.26. The standard InChI is InChI=1S/C26H20Cl2N2O4/c1-15-3-7-19(11-16(15)2)30-25(32)21(24(31)29-26(30)33)12-17-4-8-20(9-5-17)34-14-18-6-10-22(27)23(28)13-18/h3-13H,14H2,1-2H3,(H,29,31,33)/b21-12+. The quantitative estimate of drug-likeness (QED) is 0.356. The van der Waals surface area contributed by atoms with Crippen molar-refractivity contribution in [3.8, 4) is 5.75 Å². The van der Waals surface area contributed by atoms with Gasteiger partial charge in [-0.3, -0.25) is 14.9 Å². The molecule has 0 saturated carbocycles. The maximum Gasteiger partial charge on any atom is 0.335 e. The van der Waals surface area contributed by atoms with Crippen molar-refractivity contribution in [2.45, 2.75) is 20.5 Å². The summed E-state index contributed by atoms with van der Waals surface area (Å²) in [4.78, 5) is 38.8. The van der Waals surface area contributed by atoms with E-state index in [0.29, 0.717) is 33.7 Å². The number of nitrogens with zero attached hydrogens (tertiary/aromatic N) is 1. The number of rotatable bonds is 5. The van der Waals surface area contributed by atoms with E-state index >= 15 is 0 Å². The molecule has 0 bridgehead atoms. The molecule has 0 atom stereocenters. The third kappa shape index (κ3) is 4.98. The molecule has 172 valence electrons. The lowest BCUT2D eigenvalue weighted by Crippen LogP contribution is -2.54. The minimum atomic E-state index is -0.776. The molecule has 3 aromatic rings. The van der Waals surface area contributed by atoms with Crippen molar-refractivity contribution < 1.29 is 19.1 Å². The Kier molecular flexibility index (Phi) is 6.72. The Balaban J connectivity index is 1.52. The monoisotopic (exact) mass is 494 g/mol. The lowest BCUT2D eigenvalue weighted by atomic mass is 10.1. The molecular weight excluding hydrogens is 475 g/mol. The fourth-order valence-electron chi connectivity index (χ4n) is 3.38. The highest BCUT2D eigenvalue weighted by atomic mass is 35.5. The SMILES string of the molecule is Cc1ccc(N2C(=O)NC(=O)/C(=C\c3ccc(OCc4ccc(Cl)c(Cl)c4)cc3)C2=O)cc1C. The highest BCUT2D eigenvalue weighted by molar-refractivity contribution is 6.42. The van der Waals surface area contributed by atoms with Gasteiger partial charge in [-0.05, 0) is 78.6 Å². The first-order chi connectivity index (χ1) is 16.2. The zero-order valence-corrected chi connectivity index (χ0v) is 19.9. The Morgan fingerprint density at radius 3 is 2.29 bits per heavy atom. The van der Waals surface area contributed by atoms with Gasteiger partial charge < -0.3 is 4.74 Å². The van der Waals surface area contributed by atoms with Crippen LogP contribution in [0.25, 0.3) is 6.08 Å². The van der Waals surface area contributed by atoms with E-state index in [-0.39, 0.29) is 5.57 Å². The summed E-state index contributed by atoms with van der Waals surface area (Å²) in [5.74, 6) is -0.827. The van der Waals surface area contributed by atoms with Gasteiger partial charge in [-0.2, -0.15) is 0 Å². The second kappa shape index (κ2) is 9.71. The minimum Gasteiger partial charge on any atom is -0.489 e. The summed E-state index contributed by atoms with van der Waals surface area (Å²) >= 11 is 12.0. The number of carbonyl (C=O) groups excluding carboxylic acids is 3. The Hall–Kier alpha value is -3.61. The third-order valence-electron chi connectivity index (χ3n) is 5.43. The predicted molar refractivity (Wildman–Crippen MR) is 132 cm³/mol. The van der Waals surface area contributed by atoms with Crippen molar-refractivity contribution >= 4 is 52.8 Å². The van der Waals surface area contributed by atoms with Gasteiger partial charge >= 0.3 is 6.03 Å². The van der Waals surface area contributed by atoms with Crippen LogP contribution in [0.5, 0.6) is 5.75 Å². The van der Waals surface area contributed by atoms with Crippen LogP contribution in [0.4, 0.5) is 10.5 Å². The van der Waals surface area contributed by atoms with Gasteiger partial charge in [0, 0.05) is 0 Å². The summed E-state index contributed by atoms with van der Waals surface area (Å²) in [7, 11) is 0. The number of amides is 4. The van der Waals surface area contributed by atoms with Crippen LogP contribution in [-0.4, -0.2) is 17.8 Å². The van der Waals surface area contributed by atoms with Gasteiger partial charge in [0.15, 0.2) is 0 Å². The first kappa shape index (κ1) is 23.5. The van der Waals surface area contributed by atoms with Crippen LogP contribution in [0.1, 0.15) is 22.3 Å². The number of halogens is 2. The minimum absolute atomic E-state index is 0.137. The Bertz CT molecular complexity index is 1330. The van der Waals surface area contributed by atoms with Gasteiger partial charge in [-0.25, -0.2) is 9.69 Å². The van der Waals surface area contributed by atoms with E-state index in [1.165, 1.54) is 6.08 Å². The largest absolute Gasteiger partial charge is 0.489 e. The van der Waals surface area contributed by atoms with Crippen molar-refractivity contribution in [3.63, 3.8) is 0 Å². The van der Waals surface area contributed by atoms with Crippen molar-refractivity contribution in [2.24, 2.45) is 0 Å². The first-order valence-electron chi connectivity index (χ1n) is 10.4. The maximum atomic E-state index is 13.1.